The highest BCUT2D eigenvalue weighted by atomic mass is 127. The maximum Gasteiger partial charge on any atom is 0.194 e. The van der Waals surface area contributed by atoms with Crippen LogP contribution in [-0.2, 0) is 9.84 Å². The predicted octanol–water partition coefficient (Wildman–Crippen LogP) is 2.38. The van der Waals surface area contributed by atoms with E-state index in [0.29, 0.717) is 18.8 Å². The Kier molecular flexibility index (Phi) is 8.60. The van der Waals surface area contributed by atoms with Gasteiger partial charge in [-0.25, -0.2) is 13.4 Å². The van der Waals surface area contributed by atoms with Gasteiger partial charge in [-0.05, 0) is 31.4 Å². The quantitative estimate of drug-likeness (QED) is 0.281. The molecule has 0 aromatic heterocycles. The minimum atomic E-state index is -2.85. The Bertz CT molecular complexity index is 775. The molecule has 2 aliphatic heterocycles. The number of para-hydroxylation sites is 1. The minimum Gasteiger partial charge on any atom is -0.368 e. The lowest BCUT2D eigenvalue weighted by Crippen LogP contribution is -2.53. The summed E-state index contributed by atoms with van der Waals surface area (Å²) in [5.41, 5.74) is 2.27. The number of nitrogens with zero attached hydrogens (tertiary/aromatic N) is 3. The van der Waals surface area contributed by atoms with Gasteiger partial charge >= 0.3 is 0 Å². The maximum absolute atomic E-state index is 11.7. The smallest absolute Gasteiger partial charge is 0.194 e. The summed E-state index contributed by atoms with van der Waals surface area (Å²) in [7, 11) is -2.85. The second-order valence-electron chi connectivity index (χ2n) is 7.56. The monoisotopic (exact) mass is 518 g/mol. The number of hydrogen-bond donors (Lipinski definition) is 1. The summed E-state index contributed by atoms with van der Waals surface area (Å²) >= 11 is 0. The van der Waals surface area contributed by atoms with Crippen LogP contribution in [0.2, 0.25) is 0 Å². The standard InChI is InChI=1S/C20H30N4O2S.HI/c1-17(2)14-21-20(22-15-18-8-13-27(25,26)16-18)24-11-9-23(10-12-24)19-6-4-3-5-7-19;/h3-7,18H,1,8-16H2,2H3,(H,21,22);1H. The first-order valence-corrected chi connectivity index (χ1v) is 11.4. The molecule has 0 aliphatic carbocycles. The van der Waals surface area contributed by atoms with Gasteiger partial charge in [0.05, 0.1) is 18.1 Å². The van der Waals surface area contributed by atoms with Crippen LogP contribution in [0.15, 0.2) is 47.5 Å². The van der Waals surface area contributed by atoms with E-state index in [1.807, 2.05) is 13.0 Å². The van der Waals surface area contributed by atoms with Crippen LogP contribution in [0.4, 0.5) is 5.69 Å². The number of anilines is 1. The molecule has 156 valence electrons. The third kappa shape index (κ3) is 6.65. The number of hydrogen-bond acceptors (Lipinski definition) is 4. The fourth-order valence-electron chi connectivity index (χ4n) is 3.56. The summed E-state index contributed by atoms with van der Waals surface area (Å²) in [6.45, 7) is 10.8. The molecule has 1 atom stereocenters. The largest absolute Gasteiger partial charge is 0.368 e. The Morgan fingerprint density at radius 3 is 2.46 bits per heavy atom. The molecule has 0 bridgehead atoms. The van der Waals surface area contributed by atoms with Crippen molar-refractivity contribution in [2.24, 2.45) is 10.9 Å². The Hall–Kier alpha value is -1.29. The molecule has 1 aromatic rings. The van der Waals surface area contributed by atoms with Crippen molar-refractivity contribution < 1.29 is 8.42 Å². The van der Waals surface area contributed by atoms with Gasteiger partial charge in [0, 0.05) is 38.4 Å². The Balaban J connectivity index is 0.00000280. The second kappa shape index (κ2) is 10.5. The summed E-state index contributed by atoms with van der Waals surface area (Å²) in [5.74, 6) is 1.65. The first-order valence-electron chi connectivity index (χ1n) is 9.61. The van der Waals surface area contributed by atoms with E-state index in [1.165, 1.54) is 5.69 Å². The number of rotatable bonds is 5. The second-order valence-corrected chi connectivity index (χ2v) is 9.79. The fraction of sp³-hybridized carbons (Fsp3) is 0.550. The number of halogens is 1. The van der Waals surface area contributed by atoms with Crippen molar-refractivity contribution in [3.05, 3.63) is 42.5 Å². The highest BCUT2D eigenvalue weighted by Gasteiger charge is 2.28. The van der Waals surface area contributed by atoms with Crippen LogP contribution in [0.3, 0.4) is 0 Å². The van der Waals surface area contributed by atoms with Crippen LogP contribution < -0.4 is 10.2 Å². The molecule has 6 nitrogen and oxygen atoms in total. The number of benzene rings is 1. The molecule has 1 aromatic carbocycles. The lowest BCUT2D eigenvalue weighted by Gasteiger charge is -2.38. The Morgan fingerprint density at radius 2 is 1.89 bits per heavy atom. The Labute approximate surface area is 186 Å². The van der Waals surface area contributed by atoms with Gasteiger partial charge in [-0.15, -0.1) is 24.0 Å². The topological polar surface area (TPSA) is 65.0 Å². The van der Waals surface area contributed by atoms with E-state index in [0.717, 1.165) is 44.1 Å². The van der Waals surface area contributed by atoms with Crippen LogP contribution in [0.1, 0.15) is 13.3 Å². The number of aliphatic imine (C=N–C) groups is 1. The molecule has 2 saturated heterocycles. The van der Waals surface area contributed by atoms with Gasteiger partial charge in [0.25, 0.3) is 0 Å². The third-order valence-corrected chi connectivity index (χ3v) is 6.91. The summed E-state index contributed by atoms with van der Waals surface area (Å²) in [6, 6.07) is 10.5. The Morgan fingerprint density at radius 1 is 1.21 bits per heavy atom. The molecule has 2 heterocycles. The molecule has 0 radical (unpaired) electrons. The van der Waals surface area contributed by atoms with Crippen molar-refractivity contribution in [2.45, 2.75) is 13.3 Å². The average molecular weight is 518 g/mol. The molecular weight excluding hydrogens is 487 g/mol. The molecule has 28 heavy (non-hydrogen) atoms. The normalized spacial score (nSPS) is 21.9. The third-order valence-electron chi connectivity index (χ3n) is 5.07. The van der Waals surface area contributed by atoms with Crippen LogP contribution in [0.5, 0.6) is 0 Å². The van der Waals surface area contributed by atoms with Crippen molar-refractivity contribution in [3.8, 4) is 0 Å². The predicted molar refractivity (Wildman–Crippen MR) is 128 cm³/mol. The summed E-state index contributed by atoms with van der Waals surface area (Å²) in [6.07, 6.45) is 0.741. The maximum atomic E-state index is 11.7. The van der Waals surface area contributed by atoms with Gasteiger partial charge in [-0.1, -0.05) is 30.4 Å². The number of nitrogens with one attached hydrogen (secondary N) is 1. The van der Waals surface area contributed by atoms with Gasteiger partial charge in [-0.3, -0.25) is 0 Å². The molecule has 0 spiro atoms. The molecule has 0 saturated carbocycles. The van der Waals surface area contributed by atoms with Crippen LogP contribution in [0.25, 0.3) is 0 Å². The van der Waals surface area contributed by atoms with E-state index in [9.17, 15) is 8.42 Å². The first kappa shape index (κ1) is 23.0. The average Bonchev–Trinajstić information content (AvgIpc) is 3.01. The molecule has 1 unspecified atom stereocenters. The van der Waals surface area contributed by atoms with Crippen molar-refractivity contribution in [1.82, 2.24) is 10.2 Å². The van der Waals surface area contributed by atoms with Gasteiger partial charge in [-0.2, -0.15) is 0 Å². The van der Waals surface area contributed by atoms with Crippen LogP contribution >= 0.6 is 24.0 Å². The molecule has 8 heteroatoms. The summed E-state index contributed by atoms with van der Waals surface area (Å²) in [5, 5.41) is 3.43. The van der Waals surface area contributed by atoms with Crippen molar-refractivity contribution in [2.75, 3.05) is 55.7 Å². The minimum absolute atomic E-state index is 0. The van der Waals surface area contributed by atoms with Crippen LogP contribution in [-0.4, -0.2) is 70.1 Å². The van der Waals surface area contributed by atoms with Gasteiger partial charge in [0.2, 0.25) is 0 Å². The highest BCUT2D eigenvalue weighted by Crippen LogP contribution is 2.18. The zero-order valence-electron chi connectivity index (χ0n) is 16.5. The van der Waals surface area contributed by atoms with Gasteiger partial charge in [0.1, 0.15) is 0 Å². The van der Waals surface area contributed by atoms with Crippen molar-refractivity contribution in [3.63, 3.8) is 0 Å². The summed E-state index contributed by atoms with van der Waals surface area (Å²) < 4.78 is 23.4. The highest BCUT2D eigenvalue weighted by molar-refractivity contribution is 14.0. The number of sulfone groups is 1. The molecule has 1 N–H and O–H groups in total. The molecule has 2 fully saturated rings. The lowest BCUT2D eigenvalue weighted by atomic mass is 10.1. The van der Waals surface area contributed by atoms with E-state index in [-0.39, 0.29) is 35.6 Å². The molecule has 3 rings (SSSR count). The number of piperazine rings is 1. The zero-order valence-corrected chi connectivity index (χ0v) is 19.7. The van der Waals surface area contributed by atoms with E-state index in [4.69, 9.17) is 4.99 Å². The van der Waals surface area contributed by atoms with E-state index < -0.39 is 9.84 Å². The molecular formula is C20H31IN4O2S. The SMILES string of the molecule is C=C(C)CN=C(NCC1CCS(=O)(=O)C1)N1CCN(c2ccccc2)CC1.I. The first-order chi connectivity index (χ1) is 12.9. The summed E-state index contributed by atoms with van der Waals surface area (Å²) in [4.78, 5) is 9.36. The van der Waals surface area contributed by atoms with E-state index in [2.05, 4.69) is 46.0 Å². The van der Waals surface area contributed by atoms with Crippen LogP contribution in [0, 0.1) is 5.92 Å². The zero-order chi connectivity index (χ0) is 19.3. The van der Waals surface area contributed by atoms with Crippen molar-refractivity contribution >= 4 is 45.5 Å². The van der Waals surface area contributed by atoms with Gasteiger partial charge in [0.15, 0.2) is 15.8 Å². The van der Waals surface area contributed by atoms with Gasteiger partial charge < -0.3 is 15.1 Å². The number of guanidine groups is 1. The molecule has 2 aliphatic rings. The lowest BCUT2D eigenvalue weighted by molar-refractivity contribution is 0.369. The van der Waals surface area contributed by atoms with E-state index in [1.54, 1.807) is 0 Å². The van der Waals surface area contributed by atoms with Crippen molar-refractivity contribution in [1.29, 1.82) is 0 Å². The molecule has 0 amide bonds. The fourth-order valence-corrected chi connectivity index (χ4v) is 5.42. The van der Waals surface area contributed by atoms with E-state index >= 15 is 0 Å².